The van der Waals surface area contributed by atoms with Gasteiger partial charge in [0.15, 0.2) is 0 Å². The minimum Gasteiger partial charge on any atom is -0.489 e. The minimum absolute atomic E-state index is 0.0534. The average molecular weight is 544 g/mol. The smallest absolute Gasteiger partial charge is 0.262 e. The Kier molecular flexibility index (Phi) is 8.58. The molecule has 4 rings (SSSR count). The second kappa shape index (κ2) is 12.0. The maximum absolute atomic E-state index is 12.8. The topological polar surface area (TPSA) is 67.0 Å². The molecule has 1 N–H and O–H groups in total. The zero-order valence-electron chi connectivity index (χ0n) is 21.3. The van der Waals surface area contributed by atoms with Gasteiger partial charge in [-0.2, -0.15) is 5.26 Å². The first-order chi connectivity index (χ1) is 18.3. The summed E-state index contributed by atoms with van der Waals surface area (Å²) in [5.41, 5.74) is 5.52. The Morgan fingerprint density at radius 2 is 1.76 bits per heavy atom. The summed E-state index contributed by atoms with van der Waals surface area (Å²) in [6.45, 7) is 6.17. The average Bonchev–Trinajstić information content (AvgIpc) is 3.19. The number of halogens is 2. The van der Waals surface area contributed by atoms with Crippen LogP contribution >= 0.6 is 23.2 Å². The van der Waals surface area contributed by atoms with Gasteiger partial charge in [-0.05, 0) is 80.4 Å². The summed E-state index contributed by atoms with van der Waals surface area (Å²) in [4.78, 5) is 12.8. The first-order valence-corrected chi connectivity index (χ1v) is 12.9. The van der Waals surface area contributed by atoms with Gasteiger partial charge in [0.05, 0.1) is 6.04 Å². The molecule has 38 heavy (non-hydrogen) atoms. The van der Waals surface area contributed by atoms with Gasteiger partial charge in [-0.25, -0.2) is 0 Å². The Morgan fingerprint density at radius 1 is 1.05 bits per heavy atom. The highest BCUT2D eigenvalue weighted by atomic mass is 35.5. The largest absolute Gasteiger partial charge is 0.489 e. The third-order valence-electron chi connectivity index (χ3n) is 6.29. The number of rotatable bonds is 8. The number of amides is 1. The SMILES string of the molecule is Cc1cc(/C=C(/C#N)C(=O)N[C@@H](C)c2ccccc2)c(C)n1-c1ccc(OCc2ccc(Cl)cc2Cl)cc1. The van der Waals surface area contributed by atoms with Crippen LogP contribution in [0.15, 0.2) is 84.4 Å². The van der Waals surface area contributed by atoms with E-state index in [4.69, 9.17) is 27.9 Å². The summed E-state index contributed by atoms with van der Waals surface area (Å²) in [7, 11) is 0. The van der Waals surface area contributed by atoms with Crippen molar-refractivity contribution >= 4 is 35.2 Å². The number of hydrogen-bond acceptors (Lipinski definition) is 3. The molecule has 0 fully saturated rings. The molecule has 0 aliphatic carbocycles. The highest BCUT2D eigenvalue weighted by Gasteiger charge is 2.16. The fourth-order valence-corrected chi connectivity index (χ4v) is 4.69. The lowest BCUT2D eigenvalue weighted by Gasteiger charge is -2.14. The Labute approximate surface area is 232 Å². The predicted octanol–water partition coefficient (Wildman–Crippen LogP) is 7.76. The molecule has 1 amide bonds. The number of benzene rings is 3. The van der Waals surface area contributed by atoms with Crippen LogP contribution in [0.3, 0.4) is 0 Å². The molecule has 0 saturated carbocycles. The predicted molar refractivity (Wildman–Crippen MR) is 153 cm³/mol. The molecule has 0 unspecified atom stereocenters. The highest BCUT2D eigenvalue weighted by molar-refractivity contribution is 6.35. The van der Waals surface area contributed by atoms with Crippen molar-refractivity contribution in [3.63, 3.8) is 0 Å². The first kappa shape index (κ1) is 27.1. The number of nitrogens with one attached hydrogen (secondary N) is 1. The van der Waals surface area contributed by atoms with Gasteiger partial charge in [0.2, 0.25) is 0 Å². The second-order valence-corrected chi connectivity index (χ2v) is 9.80. The lowest BCUT2D eigenvalue weighted by atomic mass is 10.1. The number of nitrogens with zero attached hydrogens (tertiary/aromatic N) is 2. The molecule has 7 heteroatoms. The lowest BCUT2D eigenvalue weighted by Crippen LogP contribution is -2.27. The van der Waals surface area contributed by atoms with Crippen LogP contribution < -0.4 is 10.1 Å². The van der Waals surface area contributed by atoms with Crippen LogP contribution in [-0.2, 0) is 11.4 Å². The number of hydrogen-bond donors (Lipinski definition) is 1. The van der Waals surface area contributed by atoms with Gasteiger partial charge in [0.25, 0.3) is 5.91 Å². The van der Waals surface area contributed by atoms with E-state index in [0.717, 1.165) is 33.8 Å². The molecular formula is C31H27Cl2N3O2. The quantitative estimate of drug-likeness (QED) is 0.182. The van der Waals surface area contributed by atoms with Crippen molar-refractivity contribution in [3.05, 3.63) is 123 Å². The Bertz CT molecular complexity index is 1520. The van der Waals surface area contributed by atoms with Gasteiger partial charge < -0.3 is 14.6 Å². The molecule has 5 nitrogen and oxygen atoms in total. The number of ether oxygens (including phenoxy) is 1. The van der Waals surface area contributed by atoms with Crippen molar-refractivity contribution in [2.45, 2.75) is 33.4 Å². The van der Waals surface area contributed by atoms with Crippen LogP contribution in [0, 0.1) is 25.2 Å². The third kappa shape index (κ3) is 6.28. The molecular weight excluding hydrogens is 517 g/mol. The van der Waals surface area contributed by atoms with Gasteiger partial charge in [0.1, 0.15) is 24.0 Å². The third-order valence-corrected chi connectivity index (χ3v) is 6.87. The van der Waals surface area contributed by atoms with Crippen molar-refractivity contribution in [1.29, 1.82) is 5.26 Å². The van der Waals surface area contributed by atoms with Gasteiger partial charge in [-0.3, -0.25) is 4.79 Å². The zero-order valence-corrected chi connectivity index (χ0v) is 22.8. The molecule has 0 saturated heterocycles. The summed E-state index contributed by atoms with van der Waals surface area (Å²) in [6.07, 6.45) is 1.64. The van der Waals surface area contributed by atoms with Crippen LogP contribution in [-0.4, -0.2) is 10.5 Å². The second-order valence-electron chi connectivity index (χ2n) is 8.96. The molecule has 3 aromatic carbocycles. The van der Waals surface area contributed by atoms with E-state index in [0.29, 0.717) is 22.4 Å². The number of aromatic nitrogens is 1. The highest BCUT2D eigenvalue weighted by Crippen LogP contribution is 2.26. The van der Waals surface area contributed by atoms with Crippen LogP contribution in [0.5, 0.6) is 5.75 Å². The van der Waals surface area contributed by atoms with E-state index in [2.05, 4.69) is 16.0 Å². The summed E-state index contributed by atoms with van der Waals surface area (Å²) in [5.74, 6) is 0.300. The normalized spacial score (nSPS) is 12.1. The van der Waals surface area contributed by atoms with E-state index in [1.165, 1.54) is 0 Å². The number of nitriles is 1. The molecule has 1 heterocycles. The molecule has 192 valence electrons. The van der Waals surface area contributed by atoms with Crippen molar-refractivity contribution in [2.75, 3.05) is 0 Å². The number of carbonyl (C=O) groups is 1. The maximum Gasteiger partial charge on any atom is 0.262 e. The Balaban J connectivity index is 1.49. The van der Waals surface area contributed by atoms with E-state index in [-0.39, 0.29) is 11.6 Å². The molecule has 0 radical (unpaired) electrons. The van der Waals surface area contributed by atoms with Gasteiger partial charge in [-0.15, -0.1) is 0 Å². The Hall–Kier alpha value is -3.98. The van der Waals surface area contributed by atoms with Crippen LogP contribution in [0.25, 0.3) is 11.8 Å². The standard InChI is InChI=1S/C31H27Cl2N3O2/c1-20-15-25(16-26(18-34)31(37)35-21(2)23-7-5-4-6-8-23)22(3)36(20)28-11-13-29(14-12-28)38-19-24-9-10-27(32)17-30(24)33/h4-17,21H,19H2,1-3H3,(H,35,37)/b26-16-/t21-/m0/s1. The molecule has 0 spiro atoms. The maximum atomic E-state index is 12.8. The summed E-state index contributed by atoms with van der Waals surface area (Å²) in [6, 6.07) is 26.5. The fourth-order valence-electron chi connectivity index (χ4n) is 4.23. The van der Waals surface area contributed by atoms with E-state index >= 15 is 0 Å². The number of aryl methyl sites for hydroxylation is 1. The summed E-state index contributed by atoms with van der Waals surface area (Å²) < 4.78 is 7.97. The molecule has 4 aromatic rings. The van der Waals surface area contributed by atoms with Crippen molar-refractivity contribution < 1.29 is 9.53 Å². The van der Waals surface area contributed by atoms with Gasteiger partial charge in [0, 0.05) is 32.7 Å². The molecule has 0 aliphatic rings. The summed E-state index contributed by atoms with van der Waals surface area (Å²) in [5, 5.41) is 13.8. The fraction of sp³-hybridized carbons (Fsp3) is 0.161. The zero-order chi connectivity index (χ0) is 27.2. The summed E-state index contributed by atoms with van der Waals surface area (Å²) >= 11 is 12.2. The van der Waals surface area contributed by atoms with Crippen molar-refractivity contribution in [2.24, 2.45) is 0 Å². The van der Waals surface area contributed by atoms with E-state index in [1.807, 2.05) is 87.5 Å². The van der Waals surface area contributed by atoms with Gasteiger partial charge in [-0.1, -0.05) is 59.6 Å². The lowest BCUT2D eigenvalue weighted by molar-refractivity contribution is -0.117. The van der Waals surface area contributed by atoms with E-state index < -0.39 is 5.91 Å². The van der Waals surface area contributed by atoms with Crippen LogP contribution in [0.4, 0.5) is 0 Å². The minimum atomic E-state index is -0.407. The van der Waals surface area contributed by atoms with Gasteiger partial charge >= 0.3 is 0 Å². The van der Waals surface area contributed by atoms with E-state index in [1.54, 1.807) is 18.2 Å². The molecule has 1 aromatic heterocycles. The molecule has 1 atom stereocenters. The van der Waals surface area contributed by atoms with Crippen molar-refractivity contribution in [3.8, 4) is 17.5 Å². The van der Waals surface area contributed by atoms with Crippen LogP contribution in [0.1, 0.15) is 41.0 Å². The monoisotopic (exact) mass is 543 g/mol. The Morgan fingerprint density at radius 3 is 2.42 bits per heavy atom. The van der Waals surface area contributed by atoms with E-state index in [9.17, 15) is 10.1 Å². The molecule has 0 bridgehead atoms. The number of carbonyl (C=O) groups excluding carboxylic acids is 1. The molecule has 0 aliphatic heterocycles. The first-order valence-electron chi connectivity index (χ1n) is 12.1. The van der Waals surface area contributed by atoms with Crippen molar-refractivity contribution in [1.82, 2.24) is 9.88 Å². The van der Waals surface area contributed by atoms with Crippen LogP contribution in [0.2, 0.25) is 10.0 Å².